The fraction of sp³-hybridized carbons (Fsp3) is 0.448. The molecule has 2 aliphatic heterocycles. The molecule has 8 N–H and O–H groups in total. The van der Waals surface area contributed by atoms with Gasteiger partial charge in [-0.25, -0.2) is 0 Å². The van der Waals surface area contributed by atoms with Crippen molar-refractivity contribution in [3.63, 3.8) is 0 Å². The van der Waals surface area contributed by atoms with Crippen LogP contribution in [-0.2, 0) is 15.9 Å². The molecule has 0 radical (unpaired) electrons. The summed E-state index contributed by atoms with van der Waals surface area (Å²) in [5, 5.41) is 79.4. The predicted octanol–water partition coefficient (Wildman–Crippen LogP) is -2.33. The normalized spacial score (nSPS) is 34.4. The maximum atomic E-state index is 10.3. The highest BCUT2D eigenvalue weighted by Crippen LogP contribution is 2.23. The number of ether oxygens (including phenoxy) is 2. The Balaban J connectivity index is 1.62. The summed E-state index contributed by atoms with van der Waals surface area (Å²) in [6, 6.07) is 14.8. The summed E-state index contributed by atoms with van der Waals surface area (Å²) >= 11 is 0. The third-order valence-electron chi connectivity index (χ3n) is 6.84. The molecule has 2 aliphatic rings. The van der Waals surface area contributed by atoms with Crippen molar-refractivity contribution in [3.8, 4) is 23.7 Å². The monoisotopic (exact) mass is 540 g/mol. The van der Waals surface area contributed by atoms with Crippen LogP contribution in [0.4, 0.5) is 0 Å². The number of benzene rings is 2. The molecule has 2 aromatic carbocycles. The number of hydrogen-bond donors (Lipinski definition) is 8. The third kappa shape index (κ3) is 6.67. The molecule has 2 fully saturated rings. The van der Waals surface area contributed by atoms with E-state index in [0.29, 0.717) is 17.5 Å². The van der Waals surface area contributed by atoms with Gasteiger partial charge in [-0.2, -0.15) is 0 Å². The van der Waals surface area contributed by atoms with Gasteiger partial charge in [0, 0.05) is 11.1 Å². The van der Waals surface area contributed by atoms with Crippen LogP contribution in [0.15, 0.2) is 48.5 Å². The van der Waals surface area contributed by atoms with Crippen molar-refractivity contribution in [3.05, 3.63) is 70.8 Å². The molecule has 208 valence electrons. The molecule has 39 heavy (non-hydrogen) atoms. The van der Waals surface area contributed by atoms with Gasteiger partial charge in [0.1, 0.15) is 61.0 Å². The van der Waals surface area contributed by atoms with Crippen molar-refractivity contribution >= 4 is 0 Å². The molecule has 10 heteroatoms. The van der Waals surface area contributed by atoms with E-state index in [1.54, 1.807) is 18.2 Å². The van der Waals surface area contributed by atoms with Crippen LogP contribution in [0.1, 0.15) is 22.3 Å². The Morgan fingerprint density at radius 3 is 1.69 bits per heavy atom. The Hall–Kier alpha value is -2.84. The van der Waals surface area contributed by atoms with Gasteiger partial charge >= 0.3 is 0 Å². The molecule has 4 rings (SSSR count). The quantitative estimate of drug-likeness (QED) is 0.196. The second kappa shape index (κ2) is 13.0. The minimum Gasteiger partial charge on any atom is -0.394 e. The topological polar surface area (TPSA) is 180 Å². The number of aliphatic hydroxyl groups is 8. The number of aliphatic hydroxyl groups excluding tert-OH is 8. The van der Waals surface area contributed by atoms with E-state index < -0.39 is 74.3 Å². The maximum Gasteiger partial charge on any atom is 0.147 e. The predicted molar refractivity (Wildman–Crippen MR) is 137 cm³/mol. The lowest BCUT2D eigenvalue weighted by Crippen LogP contribution is -2.58. The van der Waals surface area contributed by atoms with Crippen LogP contribution in [0.25, 0.3) is 0 Å². The van der Waals surface area contributed by atoms with E-state index in [4.69, 9.17) is 9.47 Å². The smallest absolute Gasteiger partial charge is 0.147 e. The standard InChI is InChI=1S/C29H32O10/c30-14-22-26(34)28(36)24(32)20(38-22)10-7-17-6-8-18(19(13-17)12-16-4-2-1-3-5-16)9-11-21-25(33)29(37)27(35)23(15-31)39-21/h1-6,8,13,20-37H,12,14-15H2. The molecule has 2 heterocycles. The van der Waals surface area contributed by atoms with E-state index in [9.17, 15) is 40.9 Å². The summed E-state index contributed by atoms with van der Waals surface area (Å²) in [6.07, 6.45) is -12.9. The lowest BCUT2D eigenvalue weighted by molar-refractivity contribution is -0.214. The van der Waals surface area contributed by atoms with E-state index in [0.717, 1.165) is 11.1 Å². The van der Waals surface area contributed by atoms with Crippen LogP contribution < -0.4 is 0 Å². The average Bonchev–Trinajstić information content (AvgIpc) is 2.95. The largest absolute Gasteiger partial charge is 0.394 e. The van der Waals surface area contributed by atoms with Gasteiger partial charge in [0.25, 0.3) is 0 Å². The summed E-state index contributed by atoms with van der Waals surface area (Å²) in [6.45, 7) is -1.10. The van der Waals surface area contributed by atoms with Gasteiger partial charge in [-0.15, -0.1) is 0 Å². The van der Waals surface area contributed by atoms with Crippen LogP contribution in [0.2, 0.25) is 0 Å². The molecule has 0 amide bonds. The van der Waals surface area contributed by atoms with Gasteiger partial charge in [-0.1, -0.05) is 54.0 Å². The summed E-state index contributed by atoms with van der Waals surface area (Å²) in [5.74, 6) is 11.4. The van der Waals surface area contributed by atoms with Gasteiger partial charge in [0.2, 0.25) is 0 Å². The summed E-state index contributed by atoms with van der Waals surface area (Å²) in [4.78, 5) is 0. The van der Waals surface area contributed by atoms with E-state index in [-0.39, 0.29) is 0 Å². The molecular formula is C29H32O10. The Bertz CT molecular complexity index is 1230. The van der Waals surface area contributed by atoms with Gasteiger partial charge in [0.15, 0.2) is 0 Å². The molecular weight excluding hydrogens is 508 g/mol. The summed E-state index contributed by atoms with van der Waals surface area (Å²) in [5.41, 5.74) is 2.91. The lowest BCUT2D eigenvalue weighted by atomic mass is 9.94. The zero-order valence-corrected chi connectivity index (χ0v) is 20.9. The Labute approximate surface area is 225 Å². The van der Waals surface area contributed by atoms with Crippen LogP contribution in [0, 0.1) is 23.7 Å². The second-order valence-electron chi connectivity index (χ2n) is 9.57. The van der Waals surface area contributed by atoms with Crippen molar-refractivity contribution in [2.45, 2.75) is 67.5 Å². The van der Waals surface area contributed by atoms with Gasteiger partial charge in [-0.05, 0) is 35.7 Å². The first-order valence-electron chi connectivity index (χ1n) is 12.5. The first kappa shape index (κ1) is 29.2. The zero-order chi connectivity index (χ0) is 28.1. The molecule has 0 saturated carbocycles. The van der Waals surface area contributed by atoms with Gasteiger partial charge < -0.3 is 50.3 Å². The highest BCUT2D eigenvalue weighted by molar-refractivity contribution is 5.50. The van der Waals surface area contributed by atoms with E-state index in [2.05, 4.69) is 23.7 Å². The third-order valence-corrected chi connectivity index (χ3v) is 6.84. The summed E-state index contributed by atoms with van der Waals surface area (Å²) < 4.78 is 10.9. The SMILES string of the molecule is OCC1OC(C#Cc2ccc(C#CC3OC(CO)C(O)C(O)C3O)c(Cc3ccccc3)c2)C(O)C(O)C1O. The highest BCUT2D eigenvalue weighted by Gasteiger charge is 2.43. The average molecular weight is 541 g/mol. The van der Waals surface area contributed by atoms with Crippen LogP contribution in [0.5, 0.6) is 0 Å². The minimum atomic E-state index is -1.53. The fourth-order valence-electron chi connectivity index (χ4n) is 4.50. The van der Waals surface area contributed by atoms with Crippen LogP contribution in [0.3, 0.4) is 0 Å². The van der Waals surface area contributed by atoms with Crippen molar-refractivity contribution < 1.29 is 50.3 Å². The second-order valence-corrected chi connectivity index (χ2v) is 9.57. The minimum absolute atomic E-state index is 0.481. The Morgan fingerprint density at radius 1 is 0.615 bits per heavy atom. The molecule has 2 saturated heterocycles. The number of rotatable bonds is 4. The lowest BCUT2D eigenvalue weighted by Gasteiger charge is -2.37. The van der Waals surface area contributed by atoms with Crippen LogP contribution in [-0.4, -0.2) is 115 Å². The summed E-state index contributed by atoms with van der Waals surface area (Å²) in [7, 11) is 0. The molecule has 10 atom stereocenters. The van der Waals surface area contributed by atoms with Gasteiger partial charge in [0.05, 0.1) is 13.2 Å². The first-order valence-corrected chi connectivity index (χ1v) is 12.5. The first-order chi connectivity index (χ1) is 18.7. The molecule has 0 aliphatic carbocycles. The molecule has 10 nitrogen and oxygen atoms in total. The zero-order valence-electron chi connectivity index (χ0n) is 20.9. The molecule has 2 aromatic rings. The van der Waals surface area contributed by atoms with Crippen LogP contribution >= 0.6 is 0 Å². The molecule has 0 bridgehead atoms. The van der Waals surface area contributed by atoms with Gasteiger partial charge in [-0.3, -0.25) is 0 Å². The van der Waals surface area contributed by atoms with Crippen molar-refractivity contribution in [2.75, 3.05) is 13.2 Å². The molecule has 10 unspecified atom stereocenters. The van der Waals surface area contributed by atoms with E-state index in [1.165, 1.54) is 0 Å². The van der Waals surface area contributed by atoms with E-state index in [1.807, 2.05) is 30.3 Å². The van der Waals surface area contributed by atoms with Crippen molar-refractivity contribution in [2.24, 2.45) is 0 Å². The maximum absolute atomic E-state index is 10.3. The molecule has 0 spiro atoms. The number of hydrogen-bond acceptors (Lipinski definition) is 10. The van der Waals surface area contributed by atoms with E-state index >= 15 is 0 Å². The highest BCUT2D eigenvalue weighted by atomic mass is 16.5. The fourth-order valence-corrected chi connectivity index (χ4v) is 4.50. The Morgan fingerprint density at radius 2 is 1.15 bits per heavy atom. The molecule has 0 aromatic heterocycles. The van der Waals surface area contributed by atoms with Crippen molar-refractivity contribution in [1.29, 1.82) is 0 Å². The van der Waals surface area contributed by atoms with Crippen molar-refractivity contribution in [1.82, 2.24) is 0 Å². The Kier molecular flexibility index (Phi) is 9.72.